The van der Waals surface area contributed by atoms with Crippen LogP contribution in [0.3, 0.4) is 0 Å². The Labute approximate surface area is 259 Å². The summed E-state index contributed by atoms with van der Waals surface area (Å²) in [6.45, 7) is 2.14. The average Bonchev–Trinajstić information content (AvgIpc) is 3.42. The number of nitrogens with zero attached hydrogens (tertiary/aromatic N) is 2. The lowest BCUT2D eigenvalue weighted by Gasteiger charge is -2.15. The van der Waals surface area contributed by atoms with Crippen LogP contribution in [0.5, 0.6) is 0 Å². The number of amides is 1. The molecule has 0 saturated carbocycles. The molecule has 0 aliphatic heterocycles. The van der Waals surface area contributed by atoms with E-state index in [1.54, 1.807) is 43.3 Å². The minimum absolute atomic E-state index is 0. The highest BCUT2D eigenvalue weighted by Crippen LogP contribution is 2.19. The van der Waals surface area contributed by atoms with Crippen LogP contribution in [0.15, 0.2) is 75.0 Å². The zero-order valence-electron chi connectivity index (χ0n) is 23.8. The third-order valence-corrected chi connectivity index (χ3v) is 6.47. The molecule has 2 aromatic heterocycles. The molecule has 0 aliphatic carbocycles. The zero-order chi connectivity index (χ0) is 32.1. The van der Waals surface area contributed by atoms with Crippen molar-refractivity contribution >= 4 is 53.0 Å². The standard InChI is InChI=1S/C18H16N4O6.C11H11N3O2.ClH/c1-9(10-3-5-11(6-4-10)18(27)28-2)19-16(24)12-7-13(17(25)26)22-14(20-12)8-15(23)21-22;12-5-6-2-1-3-7(4-6)14-9-8(13)10(15)11(9)16;/h3-9H,1-2H3,(H,19,24)(H,21,23)(H,25,26);1-4,14H,5,12-13H2;1H/t9-;;/m0../s1. The fourth-order valence-corrected chi connectivity index (χ4v) is 4.10. The summed E-state index contributed by atoms with van der Waals surface area (Å²) in [5.41, 5.74) is 11.6. The molecular weight excluding hydrogens is 610 g/mol. The van der Waals surface area contributed by atoms with Crippen LogP contribution in [-0.4, -0.2) is 44.7 Å². The van der Waals surface area contributed by atoms with Crippen LogP contribution < -0.4 is 38.5 Å². The van der Waals surface area contributed by atoms with Crippen LogP contribution in [-0.2, 0) is 11.3 Å². The maximum Gasteiger partial charge on any atom is 0.354 e. The Kier molecular flexibility index (Phi) is 10.6. The van der Waals surface area contributed by atoms with Crippen molar-refractivity contribution in [2.24, 2.45) is 5.73 Å². The highest BCUT2D eigenvalue weighted by atomic mass is 35.5. The molecule has 16 heteroatoms. The molecule has 8 N–H and O–H groups in total. The van der Waals surface area contributed by atoms with Gasteiger partial charge in [-0.2, -0.15) is 0 Å². The van der Waals surface area contributed by atoms with E-state index in [1.807, 2.05) is 12.1 Å². The van der Waals surface area contributed by atoms with Crippen molar-refractivity contribution in [1.29, 1.82) is 0 Å². The Bertz CT molecular complexity index is 2010. The molecule has 45 heavy (non-hydrogen) atoms. The highest BCUT2D eigenvalue weighted by molar-refractivity contribution is 5.96. The van der Waals surface area contributed by atoms with Gasteiger partial charge in [0.2, 0.25) is 0 Å². The normalized spacial score (nSPS) is 11.1. The first-order chi connectivity index (χ1) is 20.9. The van der Waals surface area contributed by atoms with Crippen molar-refractivity contribution < 1.29 is 24.2 Å². The third-order valence-electron chi connectivity index (χ3n) is 6.47. The lowest BCUT2D eigenvalue weighted by Crippen LogP contribution is -2.36. The Morgan fingerprint density at radius 2 is 1.73 bits per heavy atom. The summed E-state index contributed by atoms with van der Waals surface area (Å²) in [6, 6.07) is 15.5. The number of anilines is 3. The summed E-state index contributed by atoms with van der Waals surface area (Å²) < 4.78 is 5.63. The van der Waals surface area contributed by atoms with Gasteiger partial charge in [0.1, 0.15) is 17.1 Å². The first kappa shape index (κ1) is 33.7. The second-order valence-electron chi connectivity index (χ2n) is 9.43. The van der Waals surface area contributed by atoms with Crippen molar-refractivity contribution in [3.63, 3.8) is 0 Å². The molecule has 0 unspecified atom stereocenters. The molecule has 1 amide bonds. The average molecular weight is 638 g/mol. The number of benzene rings is 2. The van der Waals surface area contributed by atoms with E-state index in [9.17, 15) is 33.9 Å². The molecule has 0 radical (unpaired) electrons. The van der Waals surface area contributed by atoms with Gasteiger partial charge >= 0.3 is 11.9 Å². The maximum absolute atomic E-state index is 12.5. The summed E-state index contributed by atoms with van der Waals surface area (Å²) >= 11 is 0. The van der Waals surface area contributed by atoms with Crippen molar-refractivity contribution in [3.05, 3.63) is 120 Å². The molecule has 0 saturated heterocycles. The number of nitrogens with two attached hydrogens (primary N) is 2. The predicted molar refractivity (Wildman–Crippen MR) is 167 cm³/mol. The number of carboxylic acid groups (broad SMARTS) is 1. The Balaban J connectivity index is 0.000000276. The van der Waals surface area contributed by atoms with Gasteiger partial charge in [0, 0.05) is 24.4 Å². The number of fused-ring (bicyclic) bond motifs is 1. The van der Waals surface area contributed by atoms with Crippen molar-refractivity contribution in [2.75, 3.05) is 18.2 Å². The molecule has 5 rings (SSSR count). The van der Waals surface area contributed by atoms with Gasteiger partial charge < -0.3 is 31.9 Å². The Hall–Kier alpha value is -5.80. The number of ether oxygens (including phenoxy) is 1. The first-order valence-electron chi connectivity index (χ1n) is 12.9. The van der Waals surface area contributed by atoms with Gasteiger partial charge in [-0.15, -0.1) is 12.4 Å². The molecular formula is C29H28ClN7O8. The number of esters is 1. The van der Waals surface area contributed by atoms with Crippen LogP contribution in [0.1, 0.15) is 55.4 Å². The molecule has 234 valence electrons. The van der Waals surface area contributed by atoms with Gasteiger partial charge in [-0.1, -0.05) is 24.3 Å². The third kappa shape index (κ3) is 7.41. The number of carbonyl (C=O) groups is 3. The lowest BCUT2D eigenvalue weighted by atomic mass is 10.1. The number of carbonyl (C=O) groups excluding carboxylic acids is 2. The van der Waals surface area contributed by atoms with E-state index in [4.69, 9.17) is 11.5 Å². The molecule has 1 atom stereocenters. The molecule has 0 fully saturated rings. The molecule has 5 aromatic rings. The van der Waals surface area contributed by atoms with E-state index in [1.165, 1.54) is 7.11 Å². The summed E-state index contributed by atoms with van der Waals surface area (Å²) in [4.78, 5) is 73.0. The molecule has 15 nitrogen and oxygen atoms in total. The number of carboxylic acids is 1. The maximum atomic E-state index is 12.5. The number of hydrogen-bond donors (Lipinski definition) is 6. The number of hydrogen-bond acceptors (Lipinski definition) is 11. The van der Waals surface area contributed by atoms with E-state index in [2.05, 4.69) is 25.5 Å². The second-order valence-corrected chi connectivity index (χ2v) is 9.43. The molecule has 3 aromatic carbocycles. The van der Waals surface area contributed by atoms with E-state index >= 15 is 0 Å². The monoisotopic (exact) mass is 637 g/mol. The number of rotatable bonds is 8. The fraction of sp³-hybridized carbons (Fsp3) is 0.138. The molecule has 2 heterocycles. The summed E-state index contributed by atoms with van der Waals surface area (Å²) in [6.07, 6.45) is 0. The summed E-state index contributed by atoms with van der Waals surface area (Å²) in [5, 5.41) is 17.1. The summed E-state index contributed by atoms with van der Waals surface area (Å²) in [7, 11) is 1.28. The number of halogens is 1. The number of aromatic nitrogens is 3. The van der Waals surface area contributed by atoms with E-state index < -0.39 is 40.3 Å². The highest BCUT2D eigenvalue weighted by Gasteiger charge is 2.20. The number of aromatic amines is 1. The van der Waals surface area contributed by atoms with Crippen LogP contribution >= 0.6 is 12.4 Å². The van der Waals surface area contributed by atoms with Crippen molar-refractivity contribution in [1.82, 2.24) is 19.9 Å². The van der Waals surface area contributed by atoms with Crippen LogP contribution in [0.2, 0.25) is 0 Å². The van der Waals surface area contributed by atoms with Gasteiger partial charge in [-0.3, -0.25) is 24.3 Å². The van der Waals surface area contributed by atoms with Gasteiger partial charge in [-0.25, -0.2) is 19.1 Å². The van der Waals surface area contributed by atoms with Crippen LogP contribution in [0, 0.1) is 0 Å². The number of aromatic carboxylic acids is 1. The van der Waals surface area contributed by atoms with Crippen molar-refractivity contribution in [3.8, 4) is 0 Å². The molecule has 0 bridgehead atoms. The Morgan fingerprint density at radius 3 is 2.33 bits per heavy atom. The number of nitrogen functional groups attached to an aromatic ring is 1. The van der Waals surface area contributed by atoms with Gasteiger partial charge in [0.15, 0.2) is 11.3 Å². The largest absolute Gasteiger partial charge is 0.477 e. The summed E-state index contributed by atoms with van der Waals surface area (Å²) in [5.74, 6) is -2.40. The minimum atomic E-state index is -1.32. The Morgan fingerprint density at radius 1 is 1.04 bits per heavy atom. The lowest BCUT2D eigenvalue weighted by molar-refractivity contribution is 0.0599. The number of methoxy groups -OCH3 is 1. The SMILES string of the molecule is COC(=O)c1ccc([C@H](C)NC(=O)c2cc(C(=O)O)n3[nH]c(=O)cc3n2)cc1.Cl.NCc1cccc(Nc2c(N)c(=O)c2=O)c1. The second kappa shape index (κ2) is 14.1. The first-order valence-corrected chi connectivity index (χ1v) is 12.9. The molecule has 0 spiro atoms. The zero-order valence-corrected chi connectivity index (χ0v) is 24.6. The quantitative estimate of drug-likeness (QED) is 0.105. The topological polar surface area (TPSA) is 241 Å². The van der Waals surface area contributed by atoms with Gasteiger partial charge in [0.25, 0.3) is 22.3 Å². The smallest absolute Gasteiger partial charge is 0.354 e. The van der Waals surface area contributed by atoms with E-state index in [0.717, 1.165) is 27.8 Å². The van der Waals surface area contributed by atoms with Crippen LogP contribution in [0.25, 0.3) is 5.65 Å². The fourth-order valence-electron chi connectivity index (χ4n) is 4.10. The van der Waals surface area contributed by atoms with Gasteiger partial charge in [-0.05, 0) is 42.3 Å². The van der Waals surface area contributed by atoms with Crippen molar-refractivity contribution in [2.45, 2.75) is 19.5 Å². The van der Waals surface area contributed by atoms with E-state index in [0.29, 0.717) is 17.8 Å². The number of nitrogens with one attached hydrogen (secondary N) is 3. The van der Waals surface area contributed by atoms with Crippen LogP contribution in [0.4, 0.5) is 17.1 Å². The number of H-pyrrole nitrogens is 1. The molecule has 0 aliphatic rings. The van der Waals surface area contributed by atoms with E-state index in [-0.39, 0.29) is 40.8 Å². The predicted octanol–water partition coefficient (Wildman–Crippen LogP) is 1.49. The minimum Gasteiger partial charge on any atom is -0.477 e. The van der Waals surface area contributed by atoms with Gasteiger partial charge in [0.05, 0.1) is 18.7 Å².